The van der Waals surface area contributed by atoms with Crippen molar-refractivity contribution in [3.8, 4) is 0 Å². The number of hydrogen-bond acceptors (Lipinski definition) is 3. The minimum Gasteiger partial charge on any atom is -0.302 e. The highest BCUT2D eigenvalue weighted by Crippen LogP contribution is 2.15. The normalized spacial score (nSPS) is 15.8. The predicted molar refractivity (Wildman–Crippen MR) is 62.7 cm³/mol. The van der Waals surface area contributed by atoms with Crippen LogP contribution in [-0.2, 0) is 6.42 Å². The fourth-order valence-corrected chi connectivity index (χ4v) is 2.19. The molecule has 0 N–H and O–H groups in total. The van der Waals surface area contributed by atoms with E-state index in [1.54, 1.807) is 11.9 Å². The fraction of sp³-hybridized carbons (Fsp3) is 0.364. The van der Waals surface area contributed by atoms with Gasteiger partial charge in [-0.05, 0) is 5.56 Å². The van der Waals surface area contributed by atoms with Gasteiger partial charge in [-0.2, -0.15) is 0 Å². The Morgan fingerprint density at radius 1 is 1.36 bits per heavy atom. The first kappa shape index (κ1) is 9.59. The van der Waals surface area contributed by atoms with E-state index in [1.807, 2.05) is 6.07 Å². The lowest BCUT2D eigenvalue weighted by molar-refractivity contribution is 0.729. The zero-order valence-corrected chi connectivity index (χ0v) is 9.13. The van der Waals surface area contributed by atoms with Crippen molar-refractivity contribution in [3.05, 3.63) is 35.9 Å². The molecule has 0 spiro atoms. The highest BCUT2D eigenvalue weighted by Gasteiger charge is 2.15. The molecule has 3 heteroatoms. The molecule has 0 amide bonds. The van der Waals surface area contributed by atoms with Crippen molar-refractivity contribution in [1.82, 2.24) is 4.31 Å². The van der Waals surface area contributed by atoms with Crippen molar-refractivity contribution >= 4 is 17.8 Å². The average Bonchev–Trinajstić information content (AvgIpc) is 2.67. The number of amidine groups is 1. The highest BCUT2D eigenvalue weighted by atomic mass is 32.2. The Kier molecular flexibility index (Phi) is 3.09. The molecular formula is C11H14N2S. The number of rotatable bonds is 3. The molecule has 1 aromatic carbocycles. The second-order valence-electron chi connectivity index (χ2n) is 3.25. The summed E-state index contributed by atoms with van der Waals surface area (Å²) < 4.78 is 2.27. The quantitative estimate of drug-likeness (QED) is 0.705. The Balaban J connectivity index is 2.04. The van der Waals surface area contributed by atoms with Crippen molar-refractivity contribution in [3.63, 3.8) is 0 Å². The standard InChI is InChI=1S/C11H14N2S/c1-14-13-8-7-12-11(13)9-10-5-3-2-4-6-10/h2-6H,7-9H2,1H3. The van der Waals surface area contributed by atoms with E-state index >= 15 is 0 Å². The maximum absolute atomic E-state index is 4.50. The van der Waals surface area contributed by atoms with Crippen molar-refractivity contribution in [2.24, 2.45) is 4.99 Å². The van der Waals surface area contributed by atoms with E-state index in [-0.39, 0.29) is 0 Å². The predicted octanol–water partition coefficient (Wildman–Crippen LogP) is 2.22. The lowest BCUT2D eigenvalue weighted by Gasteiger charge is -2.16. The van der Waals surface area contributed by atoms with Crippen LogP contribution in [-0.4, -0.2) is 29.5 Å². The third-order valence-corrected chi connectivity index (χ3v) is 3.14. The molecule has 0 atom stereocenters. The van der Waals surface area contributed by atoms with Gasteiger partial charge in [0.25, 0.3) is 0 Å². The van der Waals surface area contributed by atoms with Crippen LogP contribution >= 0.6 is 11.9 Å². The molecular weight excluding hydrogens is 192 g/mol. The van der Waals surface area contributed by atoms with Crippen LogP contribution in [0.5, 0.6) is 0 Å². The molecule has 0 unspecified atom stereocenters. The Morgan fingerprint density at radius 3 is 2.86 bits per heavy atom. The Labute approximate surface area is 89.2 Å². The third kappa shape index (κ3) is 2.10. The Hall–Kier alpha value is -0.960. The van der Waals surface area contributed by atoms with Gasteiger partial charge in [-0.1, -0.05) is 42.3 Å². The van der Waals surface area contributed by atoms with Crippen molar-refractivity contribution in [2.45, 2.75) is 6.42 Å². The molecule has 1 aromatic rings. The maximum Gasteiger partial charge on any atom is 0.113 e. The van der Waals surface area contributed by atoms with E-state index in [0.717, 1.165) is 19.5 Å². The average molecular weight is 206 g/mol. The van der Waals surface area contributed by atoms with Crippen LogP contribution < -0.4 is 0 Å². The molecule has 0 radical (unpaired) electrons. The van der Waals surface area contributed by atoms with E-state index in [1.165, 1.54) is 11.4 Å². The molecule has 14 heavy (non-hydrogen) atoms. The summed E-state index contributed by atoms with van der Waals surface area (Å²) in [5.74, 6) is 1.21. The lowest BCUT2D eigenvalue weighted by atomic mass is 10.1. The molecule has 0 saturated heterocycles. The zero-order chi connectivity index (χ0) is 9.80. The van der Waals surface area contributed by atoms with Crippen LogP contribution in [0, 0.1) is 0 Å². The number of hydrogen-bond donors (Lipinski definition) is 0. The van der Waals surface area contributed by atoms with E-state index in [2.05, 4.69) is 39.8 Å². The SMILES string of the molecule is CSN1CCN=C1Cc1ccccc1. The van der Waals surface area contributed by atoms with Gasteiger partial charge in [0.2, 0.25) is 0 Å². The highest BCUT2D eigenvalue weighted by molar-refractivity contribution is 7.96. The summed E-state index contributed by atoms with van der Waals surface area (Å²) in [5.41, 5.74) is 1.34. The summed E-state index contributed by atoms with van der Waals surface area (Å²) in [6, 6.07) is 10.5. The van der Waals surface area contributed by atoms with Crippen LogP contribution in [0.3, 0.4) is 0 Å². The van der Waals surface area contributed by atoms with E-state index in [9.17, 15) is 0 Å². The molecule has 0 aromatic heterocycles. The van der Waals surface area contributed by atoms with Crippen molar-refractivity contribution in [1.29, 1.82) is 0 Å². The van der Waals surface area contributed by atoms with E-state index < -0.39 is 0 Å². The molecule has 2 nitrogen and oxygen atoms in total. The van der Waals surface area contributed by atoms with Crippen LogP contribution in [0.15, 0.2) is 35.3 Å². The molecule has 1 aliphatic rings. The molecule has 0 bridgehead atoms. The van der Waals surface area contributed by atoms with Gasteiger partial charge < -0.3 is 4.31 Å². The maximum atomic E-state index is 4.50. The van der Waals surface area contributed by atoms with Gasteiger partial charge in [0, 0.05) is 12.7 Å². The zero-order valence-electron chi connectivity index (χ0n) is 8.31. The summed E-state index contributed by atoms with van der Waals surface area (Å²) in [7, 11) is 0. The van der Waals surface area contributed by atoms with Crippen molar-refractivity contribution < 1.29 is 0 Å². The first-order valence-electron chi connectivity index (χ1n) is 4.79. The van der Waals surface area contributed by atoms with Gasteiger partial charge in [-0.15, -0.1) is 0 Å². The smallest absolute Gasteiger partial charge is 0.113 e. The molecule has 0 fully saturated rings. The van der Waals surface area contributed by atoms with E-state index in [4.69, 9.17) is 0 Å². The van der Waals surface area contributed by atoms with Gasteiger partial charge in [0.1, 0.15) is 5.84 Å². The first-order valence-corrected chi connectivity index (χ1v) is 5.97. The summed E-state index contributed by atoms with van der Waals surface area (Å²) in [6.45, 7) is 2.01. The minimum atomic E-state index is 0.947. The molecule has 1 aliphatic heterocycles. The molecule has 0 aliphatic carbocycles. The van der Waals surface area contributed by atoms with Gasteiger partial charge in [0.05, 0.1) is 13.1 Å². The van der Waals surface area contributed by atoms with Crippen LogP contribution in [0.25, 0.3) is 0 Å². The van der Waals surface area contributed by atoms with Crippen molar-refractivity contribution in [2.75, 3.05) is 19.3 Å². The van der Waals surface area contributed by atoms with Crippen LogP contribution in [0.2, 0.25) is 0 Å². The Morgan fingerprint density at radius 2 is 2.14 bits per heavy atom. The molecule has 2 rings (SSSR count). The monoisotopic (exact) mass is 206 g/mol. The fourth-order valence-electron chi connectivity index (χ4n) is 1.60. The number of aliphatic imine (C=N–C) groups is 1. The lowest BCUT2D eigenvalue weighted by Crippen LogP contribution is -2.21. The third-order valence-electron chi connectivity index (χ3n) is 2.31. The number of benzene rings is 1. The molecule has 74 valence electrons. The second-order valence-corrected chi connectivity index (χ2v) is 4.05. The summed E-state index contributed by atoms with van der Waals surface area (Å²) in [4.78, 5) is 4.50. The summed E-state index contributed by atoms with van der Waals surface area (Å²) in [6.07, 6.45) is 3.06. The van der Waals surface area contributed by atoms with Gasteiger partial charge >= 0.3 is 0 Å². The summed E-state index contributed by atoms with van der Waals surface area (Å²) in [5, 5.41) is 0. The topological polar surface area (TPSA) is 15.6 Å². The van der Waals surface area contributed by atoms with Crippen LogP contribution in [0.4, 0.5) is 0 Å². The molecule has 0 saturated carbocycles. The largest absolute Gasteiger partial charge is 0.302 e. The Bertz CT molecular complexity index is 321. The van der Waals surface area contributed by atoms with Crippen LogP contribution in [0.1, 0.15) is 5.56 Å². The van der Waals surface area contributed by atoms with E-state index in [0.29, 0.717) is 0 Å². The number of nitrogens with zero attached hydrogens (tertiary/aromatic N) is 2. The minimum absolute atomic E-state index is 0.947. The summed E-state index contributed by atoms with van der Waals surface area (Å²) >= 11 is 1.76. The van der Waals surface area contributed by atoms with Gasteiger partial charge in [-0.25, -0.2) is 0 Å². The van der Waals surface area contributed by atoms with Gasteiger partial charge in [0.15, 0.2) is 0 Å². The first-order chi connectivity index (χ1) is 6.90. The second kappa shape index (κ2) is 4.51. The van der Waals surface area contributed by atoms with Gasteiger partial charge in [-0.3, -0.25) is 4.99 Å². The molecule has 1 heterocycles.